The van der Waals surface area contributed by atoms with Crippen LogP contribution in [0.25, 0.3) is 21.3 Å². The molecule has 0 N–H and O–H groups in total. The molecule has 0 radical (unpaired) electrons. The Labute approximate surface area is 159 Å². The maximum atomic E-state index is 6.08. The van der Waals surface area contributed by atoms with Crippen LogP contribution in [0.15, 0.2) is 47.0 Å². The number of aromatic nitrogens is 2. The Kier molecular flexibility index (Phi) is 3.47. The van der Waals surface area contributed by atoms with Crippen molar-refractivity contribution in [1.29, 1.82) is 0 Å². The number of nitrogens with zero attached hydrogens (tertiary/aromatic N) is 3. The van der Waals surface area contributed by atoms with Gasteiger partial charge in [0.25, 0.3) is 5.19 Å². The lowest BCUT2D eigenvalue weighted by Crippen LogP contribution is -2.36. The Balaban J connectivity index is 1.24. The van der Waals surface area contributed by atoms with Crippen LogP contribution in [0.2, 0.25) is 0 Å². The van der Waals surface area contributed by atoms with E-state index in [4.69, 9.17) is 13.9 Å². The minimum atomic E-state index is 0.405. The van der Waals surface area contributed by atoms with Crippen molar-refractivity contribution >= 4 is 32.7 Å². The highest BCUT2D eigenvalue weighted by molar-refractivity contribution is 7.20. The van der Waals surface area contributed by atoms with E-state index < -0.39 is 0 Å². The molecule has 0 saturated carbocycles. The van der Waals surface area contributed by atoms with Gasteiger partial charge in [0, 0.05) is 30.2 Å². The van der Waals surface area contributed by atoms with E-state index in [2.05, 4.69) is 20.9 Å². The van der Waals surface area contributed by atoms with E-state index >= 15 is 0 Å². The van der Waals surface area contributed by atoms with Crippen LogP contribution in [0.5, 0.6) is 10.9 Å². The zero-order valence-electron chi connectivity index (χ0n) is 14.5. The minimum absolute atomic E-state index is 0.405. The Morgan fingerprint density at radius 3 is 3.11 bits per heavy atom. The molecule has 0 amide bonds. The highest BCUT2D eigenvalue weighted by Crippen LogP contribution is 2.34. The smallest absolute Gasteiger partial charge is 0.281 e. The molecule has 27 heavy (non-hydrogen) atoms. The second-order valence-electron chi connectivity index (χ2n) is 7.09. The minimum Gasteiger partial charge on any atom is -0.460 e. The first kappa shape index (κ1) is 15.6. The van der Waals surface area contributed by atoms with E-state index in [1.165, 1.54) is 11.3 Å². The van der Waals surface area contributed by atoms with Crippen molar-refractivity contribution in [2.45, 2.75) is 25.1 Å². The average Bonchev–Trinajstić information content (AvgIpc) is 3.43. The third-order valence-electron chi connectivity index (χ3n) is 5.27. The number of thiazole rings is 1. The molecule has 4 aromatic rings. The fourth-order valence-electron chi connectivity index (χ4n) is 3.97. The molecule has 2 fully saturated rings. The van der Waals surface area contributed by atoms with Crippen molar-refractivity contribution in [3.8, 4) is 10.9 Å². The van der Waals surface area contributed by atoms with Gasteiger partial charge in [-0.05, 0) is 36.8 Å². The lowest BCUT2D eigenvalue weighted by molar-refractivity contribution is 0.0250. The highest BCUT2D eigenvalue weighted by atomic mass is 32.1. The van der Waals surface area contributed by atoms with E-state index in [1.807, 2.05) is 30.3 Å². The summed E-state index contributed by atoms with van der Waals surface area (Å²) in [7, 11) is 0. The molecule has 0 unspecified atom stereocenters. The van der Waals surface area contributed by atoms with Crippen LogP contribution in [0.1, 0.15) is 12.2 Å². The third kappa shape index (κ3) is 2.79. The SMILES string of the molecule is c1cnc2nc(Oc3ccc4cc(CN5C[C@@H]6C[C@H]5CO6)oc4c3)sc2c1. The van der Waals surface area contributed by atoms with Crippen molar-refractivity contribution in [3.05, 3.63) is 48.4 Å². The third-order valence-corrected chi connectivity index (χ3v) is 6.15. The fraction of sp³-hybridized carbons (Fsp3) is 0.300. The molecule has 0 aliphatic carbocycles. The van der Waals surface area contributed by atoms with E-state index in [0.29, 0.717) is 23.0 Å². The molecule has 7 heteroatoms. The molecule has 1 aromatic carbocycles. The van der Waals surface area contributed by atoms with E-state index in [1.54, 1.807) is 6.20 Å². The zero-order valence-corrected chi connectivity index (χ0v) is 15.3. The first-order valence-corrected chi connectivity index (χ1v) is 9.89. The maximum absolute atomic E-state index is 6.08. The van der Waals surface area contributed by atoms with Crippen LogP contribution in [-0.4, -0.2) is 40.2 Å². The summed E-state index contributed by atoms with van der Waals surface area (Å²) in [6.07, 6.45) is 3.29. The lowest BCUT2D eigenvalue weighted by atomic mass is 10.2. The summed E-state index contributed by atoms with van der Waals surface area (Å²) in [4.78, 5) is 11.1. The number of likely N-dealkylation sites (tertiary alicyclic amines) is 1. The molecule has 2 bridgehead atoms. The molecule has 3 aromatic heterocycles. The van der Waals surface area contributed by atoms with Crippen molar-refractivity contribution in [2.75, 3.05) is 13.2 Å². The molecule has 2 saturated heterocycles. The van der Waals surface area contributed by atoms with Crippen molar-refractivity contribution in [3.63, 3.8) is 0 Å². The molecule has 5 heterocycles. The van der Waals surface area contributed by atoms with E-state index in [-0.39, 0.29) is 0 Å². The van der Waals surface area contributed by atoms with E-state index in [9.17, 15) is 0 Å². The van der Waals surface area contributed by atoms with Crippen LogP contribution in [0, 0.1) is 0 Å². The molecule has 2 aliphatic rings. The normalized spacial score (nSPS) is 22.2. The molecule has 6 rings (SSSR count). The highest BCUT2D eigenvalue weighted by Gasteiger charge is 2.39. The summed E-state index contributed by atoms with van der Waals surface area (Å²) in [5, 5.41) is 1.67. The van der Waals surface area contributed by atoms with Crippen LogP contribution in [-0.2, 0) is 11.3 Å². The van der Waals surface area contributed by atoms with E-state index in [0.717, 1.165) is 53.3 Å². The number of rotatable bonds is 4. The summed E-state index contributed by atoms with van der Waals surface area (Å²) in [6.45, 7) is 2.68. The fourth-order valence-corrected chi connectivity index (χ4v) is 4.77. The number of morpholine rings is 1. The van der Waals surface area contributed by atoms with Gasteiger partial charge in [-0.3, -0.25) is 4.90 Å². The summed E-state index contributed by atoms with van der Waals surface area (Å²) < 4.78 is 18.7. The number of hydrogen-bond acceptors (Lipinski definition) is 7. The molecule has 2 atom stereocenters. The topological polar surface area (TPSA) is 60.6 Å². The van der Waals surface area contributed by atoms with Crippen molar-refractivity contribution in [2.24, 2.45) is 0 Å². The second-order valence-corrected chi connectivity index (χ2v) is 8.09. The van der Waals surface area contributed by atoms with Gasteiger partial charge in [0.2, 0.25) is 0 Å². The molecular weight excluding hydrogens is 362 g/mol. The number of furan rings is 1. The van der Waals surface area contributed by atoms with Gasteiger partial charge in [-0.2, -0.15) is 4.98 Å². The van der Waals surface area contributed by atoms with Gasteiger partial charge < -0.3 is 13.9 Å². The van der Waals surface area contributed by atoms with Gasteiger partial charge >= 0.3 is 0 Å². The quantitative estimate of drug-likeness (QED) is 0.530. The number of fused-ring (bicyclic) bond motifs is 4. The summed E-state index contributed by atoms with van der Waals surface area (Å²) in [5.74, 6) is 1.70. The lowest BCUT2D eigenvalue weighted by Gasteiger charge is -2.25. The van der Waals surface area contributed by atoms with Gasteiger partial charge in [-0.25, -0.2) is 4.98 Å². The number of hydrogen-bond donors (Lipinski definition) is 0. The Bertz CT molecular complexity index is 1100. The second kappa shape index (κ2) is 6.02. The predicted octanol–water partition coefficient (Wildman–Crippen LogP) is 4.20. The molecule has 136 valence electrons. The summed E-state index contributed by atoms with van der Waals surface area (Å²) in [5.41, 5.74) is 1.55. The van der Waals surface area contributed by atoms with Crippen LogP contribution < -0.4 is 4.74 Å². The Morgan fingerprint density at radius 2 is 2.26 bits per heavy atom. The van der Waals surface area contributed by atoms with Gasteiger partial charge in [-0.1, -0.05) is 11.3 Å². The molecule has 6 nitrogen and oxygen atoms in total. The number of benzene rings is 1. The molecular formula is C20H17N3O3S. The Morgan fingerprint density at radius 1 is 1.26 bits per heavy atom. The average molecular weight is 379 g/mol. The van der Waals surface area contributed by atoms with Crippen LogP contribution >= 0.6 is 11.3 Å². The van der Waals surface area contributed by atoms with Crippen LogP contribution in [0.4, 0.5) is 0 Å². The van der Waals surface area contributed by atoms with Crippen LogP contribution in [0.3, 0.4) is 0 Å². The van der Waals surface area contributed by atoms with Crippen molar-refractivity contribution < 1.29 is 13.9 Å². The largest absolute Gasteiger partial charge is 0.460 e. The predicted molar refractivity (Wildman–Crippen MR) is 102 cm³/mol. The maximum Gasteiger partial charge on any atom is 0.281 e. The first-order chi connectivity index (χ1) is 13.3. The van der Waals surface area contributed by atoms with Gasteiger partial charge in [0.15, 0.2) is 5.65 Å². The zero-order chi connectivity index (χ0) is 17.8. The summed E-state index contributed by atoms with van der Waals surface area (Å²) in [6, 6.07) is 12.5. The molecule has 2 aliphatic heterocycles. The number of ether oxygens (including phenoxy) is 2. The standard InChI is InChI=1S/C20H17N3O3S/c1-2-18-19(21-5-1)22-20(27-18)26-14-4-3-12-6-16(25-17(12)8-14)10-23-9-15-7-13(23)11-24-15/h1-6,8,13,15H,7,9-11H2/t13-,15-/m0/s1. The molecule has 0 spiro atoms. The Hall–Kier alpha value is -2.48. The van der Waals surface area contributed by atoms with Gasteiger partial charge in [0.1, 0.15) is 17.1 Å². The number of pyridine rings is 1. The monoisotopic (exact) mass is 379 g/mol. The van der Waals surface area contributed by atoms with Gasteiger partial charge in [-0.15, -0.1) is 0 Å². The van der Waals surface area contributed by atoms with Gasteiger partial charge in [0.05, 0.1) is 24.0 Å². The van der Waals surface area contributed by atoms with Crippen molar-refractivity contribution in [1.82, 2.24) is 14.9 Å². The summed E-state index contributed by atoms with van der Waals surface area (Å²) >= 11 is 1.49. The first-order valence-electron chi connectivity index (χ1n) is 9.08.